The molecule has 0 unspecified atom stereocenters. The van der Waals surface area contributed by atoms with Crippen molar-refractivity contribution in [1.82, 2.24) is 9.97 Å². The number of fused-ring (bicyclic) bond motifs is 1. The van der Waals surface area contributed by atoms with Gasteiger partial charge in [-0.25, -0.2) is 4.98 Å². The van der Waals surface area contributed by atoms with Gasteiger partial charge in [0.25, 0.3) is 0 Å². The van der Waals surface area contributed by atoms with E-state index in [1.165, 1.54) is 0 Å². The number of halogens is 1. The zero-order valence-corrected chi connectivity index (χ0v) is 11.6. The van der Waals surface area contributed by atoms with E-state index in [9.17, 15) is 4.79 Å². The zero-order valence-electron chi connectivity index (χ0n) is 10.8. The number of aromatic nitrogens is 2. The van der Waals surface area contributed by atoms with Gasteiger partial charge in [0, 0.05) is 17.1 Å². The summed E-state index contributed by atoms with van der Waals surface area (Å²) in [4.78, 5) is 20.9. The van der Waals surface area contributed by atoms with Gasteiger partial charge in [-0.15, -0.1) is 0 Å². The molecule has 0 amide bonds. The van der Waals surface area contributed by atoms with Gasteiger partial charge in [0.2, 0.25) is 5.78 Å². The number of carbonyl (C=O) groups is 1. The molecule has 20 heavy (non-hydrogen) atoms. The Balaban J connectivity index is 2.25. The van der Waals surface area contributed by atoms with Gasteiger partial charge in [0.1, 0.15) is 10.8 Å². The molecule has 3 aromatic rings. The van der Waals surface area contributed by atoms with Crippen LogP contribution in [0.2, 0.25) is 5.15 Å². The molecule has 0 bridgehead atoms. The van der Waals surface area contributed by atoms with E-state index in [1.54, 1.807) is 30.5 Å². The number of nitrogens with zero attached hydrogens (tertiary/aromatic N) is 2. The van der Waals surface area contributed by atoms with Crippen molar-refractivity contribution in [3.8, 4) is 0 Å². The molecule has 98 valence electrons. The third kappa shape index (κ3) is 2.28. The van der Waals surface area contributed by atoms with E-state index < -0.39 is 0 Å². The summed E-state index contributed by atoms with van der Waals surface area (Å²) in [6.07, 6.45) is 1.60. The van der Waals surface area contributed by atoms with E-state index in [1.807, 2.05) is 25.1 Å². The highest BCUT2D eigenvalue weighted by molar-refractivity contribution is 6.31. The average molecular weight is 283 g/mol. The van der Waals surface area contributed by atoms with Crippen molar-refractivity contribution in [3.63, 3.8) is 0 Å². The molecule has 0 spiro atoms. The highest BCUT2D eigenvalue weighted by Gasteiger charge is 2.15. The summed E-state index contributed by atoms with van der Waals surface area (Å²) in [6.45, 7) is 1.98. The summed E-state index contributed by atoms with van der Waals surface area (Å²) in [6, 6.07) is 12.6. The SMILES string of the molecule is Cc1ccc2nc(Cl)cc(C(=O)c3ccccn3)c2c1. The molecule has 0 atom stereocenters. The van der Waals surface area contributed by atoms with Gasteiger partial charge >= 0.3 is 0 Å². The van der Waals surface area contributed by atoms with Crippen molar-refractivity contribution >= 4 is 28.3 Å². The van der Waals surface area contributed by atoms with Crippen LogP contribution in [0.3, 0.4) is 0 Å². The number of hydrogen-bond acceptors (Lipinski definition) is 3. The maximum atomic E-state index is 12.6. The first kappa shape index (κ1) is 12.8. The van der Waals surface area contributed by atoms with E-state index >= 15 is 0 Å². The average Bonchev–Trinajstić information content (AvgIpc) is 2.47. The minimum absolute atomic E-state index is 0.148. The van der Waals surface area contributed by atoms with Crippen LogP contribution in [-0.2, 0) is 0 Å². The van der Waals surface area contributed by atoms with E-state index in [4.69, 9.17) is 11.6 Å². The Morgan fingerprint density at radius 1 is 1.15 bits per heavy atom. The fraction of sp³-hybridized carbons (Fsp3) is 0.0625. The van der Waals surface area contributed by atoms with Gasteiger partial charge < -0.3 is 0 Å². The Bertz CT molecular complexity index is 800. The standard InChI is InChI=1S/C16H11ClN2O/c1-10-5-6-13-11(8-10)12(9-15(17)19-13)16(20)14-4-2-3-7-18-14/h2-9H,1H3. The lowest BCUT2D eigenvalue weighted by atomic mass is 10.0. The minimum Gasteiger partial charge on any atom is -0.287 e. The first-order chi connectivity index (χ1) is 9.65. The Hall–Kier alpha value is -2.26. The molecule has 3 nitrogen and oxygen atoms in total. The monoisotopic (exact) mass is 282 g/mol. The summed E-state index contributed by atoms with van der Waals surface area (Å²) in [7, 11) is 0. The van der Waals surface area contributed by atoms with Gasteiger partial charge in [-0.1, -0.05) is 29.3 Å². The van der Waals surface area contributed by atoms with Crippen molar-refractivity contribution in [3.05, 3.63) is 70.6 Å². The second-order valence-corrected chi connectivity index (χ2v) is 4.94. The molecule has 0 aliphatic rings. The summed E-state index contributed by atoms with van der Waals surface area (Å²) in [5.41, 5.74) is 2.71. The molecule has 3 rings (SSSR count). The van der Waals surface area contributed by atoms with Gasteiger partial charge in [-0.2, -0.15) is 0 Å². The van der Waals surface area contributed by atoms with Gasteiger partial charge in [-0.3, -0.25) is 9.78 Å². The second kappa shape index (κ2) is 5.02. The van der Waals surface area contributed by atoms with E-state index in [0.717, 1.165) is 10.9 Å². The summed E-state index contributed by atoms with van der Waals surface area (Å²) >= 11 is 6.01. The third-order valence-corrected chi connectivity index (χ3v) is 3.27. The number of pyridine rings is 2. The largest absolute Gasteiger partial charge is 0.287 e. The lowest BCUT2D eigenvalue weighted by Crippen LogP contribution is -2.05. The molecule has 0 saturated heterocycles. The number of aryl methyl sites for hydroxylation is 1. The molecule has 0 fully saturated rings. The predicted molar refractivity (Wildman–Crippen MR) is 79.2 cm³/mol. The topological polar surface area (TPSA) is 42.9 Å². The van der Waals surface area contributed by atoms with Crippen molar-refractivity contribution in [2.24, 2.45) is 0 Å². The van der Waals surface area contributed by atoms with Crippen LogP contribution in [-0.4, -0.2) is 15.8 Å². The lowest BCUT2D eigenvalue weighted by Gasteiger charge is -2.07. The molecule has 4 heteroatoms. The van der Waals surface area contributed by atoms with Crippen LogP contribution in [0.4, 0.5) is 0 Å². The smallest absolute Gasteiger partial charge is 0.212 e. The molecule has 0 N–H and O–H groups in total. The van der Waals surface area contributed by atoms with Crippen LogP contribution in [0.15, 0.2) is 48.7 Å². The fourth-order valence-corrected chi connectivity index (χ4v) is 2.33. The molecule has 0 radical (unpaired) electrons. The normalized spacial score (nSPS) is 10.7. The summed E-state index contributed by atoms with van der Waals surface area (Å²) < 4.78 is 0. The van der Waals surface area contributed by atoms with Crippen molar-refractivity contribution in [1.29, 1.82) is 0 Å². The predicted octanol–water partition coefficient (Wildman–Crippen LogP) is 3.82. The van der Waals surface area contributed by atoms with Crippen molar-refractivity contribution in [2.75, 3.05) is 0 Å². The van der Waals surface area contributed by atoms with E-state index in [-0.39, 0.29) is 5.78 Å². The van der Waals surface area contributed by atoms with Crippen LogP contribution in [0.1, 0.15) is 21.6 Å². The molecule has 2 aromatic heterocycles. The molecular weight excluding hydrogens is 272 g/mol. The summed E-state index contributed by atoms with van der Waals surface area (Å²) in [5.74, 6) is -0.148. The first-order valence-electron chi connectivity index (χ1n) is 6.18. The van der Waals surface area contributed by atoms with Crippen LogP contribution in [0.5, 0.6) is 0 Å². The highest BCUT2D eigenvalue weighted by Crippen LogP contribution is 2.24. The van der Waals surface area contributed by atoms with Gasteiger partial charge in [-0.05, 0) is 37.3 Å². The van der Waals surface area contributed by atoms with Crippen LogP contribution >= 0.6 is 11.6 Å². The summed E-state index contributed by atoms with van der Waals surface area (Å²) in [5, 5.41) is 1.10. The Kier molecular flexibility index (Phi) is 3.20. The number of benzene rings is 1. The quantitative estimate of drug-likeness (QED) is 0.530. The van der Waals surface area contributed by atoms with E-state index in [0.29, 0.717) is 21.9 Å². The number of ketones is 1. The lowest BCUT2D eigenvalue weighted by molar-refractivity contribution is 0.103. The van der Waals surface area contributed by atoms with Gasteiger partial charge in [0.05, 0.1) is 5.52 Å². The van der Waals surface area contributed by atoms with Gasteiger partial charge in [0.15, 0.2) is 0 Å². The minimum atomic E-state index is -0.148. The van der Waals surface area contributed by atoms with Crippen LogP contribution < -0.4 is 0 Å². The molecule has 1 aromatic carbocycles. The highest BCUT2D eigenvalue weighted by atomic mass is 35.5. The molecule has 0 saturated carbocycles. The zero-order chi connectivity index (χ0) is 14.1. The van der Waals surface area contributed by atoms with Crippen molar-refractivity contribution < 1.29 is 4.79 Å². The molecule has 0 aliphatic carbocycles. The maximum absolute atomic E-state index is 12.6. The molecular formula is C16H11ClN2O. The Morgan fingerprint density at radius 3 is 2.75 bits per heavy atom. The molecule has 0 aliphatic heterocycles. The Labute approximate surface area is 121 Å². The second-order valence-electron chi connectivity index (χ2n) is 4.56. The fourth-order valence-electron chi connectivity index (χ4n) is 2.13. The number of rotatable bonds is 2. The maximum Gasteiger partial charge on any atom is 0.212 e. The van der Waals surface area contributed by atoms with Crippen LogP contribution in [0.25, 0.3) is 10.9 Å². The van der Waals surface area contributed by atoms with Crippen LogP contribution in [0, 0.1) is 6.92 Å². The van der Waals surface area contributed by atoms with E-state index in [2.05, 4.69) is 9.97 Å². The van der Waals surface area contributed by atoms with Crippen molar-refractivity contribution in [2.45, 2.75) is 6.92 Å². The first-order valence-corrected chi connectivity index (χ1v) is 6.55. The number of hydrogen-bond donors (Lipinski definition) is 0. The molecule has 2 heterocycles. The Morgan fingerprint density at radius 2 is 2.00 bits per heavy atom. The third-order valence-electron chi connectivity index (χ3n) is 3.08. The number of carbonyl (C=O) groups excluding carboxylic acids is 1.